The molecular weight excluding hydrogens is 198 g/mol. The largest absolute Gasteiger partial charge is 0.370 e. The predicted molar refractivity (Wildman–Crippen MR) is 69.5 cm³/mol. The summed E-state index contributed by atoms with van der Waals surface area (Å²) in [5, 5.41) is 3.12. The smallest absolute Gasteiger partial charge is 0.188 e. The van der Waals surface area contributed by atoms with Crippen molar-refractivity contribution in [1.82, 2.24) is 5.32 Å². The molecule has 0 aromatic heterocycles. The number of aliphatic imine (C=N–C) groups is 1. The summed E-state index contributed by atoms with van der Waals surface area (Å²) >= 11 is 0. The van der Waals surface area contributed by atoms with Crippen LogP contribution in [0.4, 0.5) is 0 Å². The van der Waals surface area contributed by atoms with Gasteiger partial charge in [0, 0.05) is 13.1 Å². The molecule has 0 amide bonds. The summed E-state index contributed by atoms with van der Waals surface area (Å²) in [7, 11) is 0. The molecule has 1 aromatic rings. The van der Waals surface area contributed by atoms with Crippen molar-refractivity contribution in [3.8, 4) is 0 Å². The average molecular weight is 219 g/mol. The summed E-state index contributed by atoms with van der Waals surface area (Å²) < 4.78 is 0. The van der Waals surface area contributed by atoms with E-state index in [4.69, 9.17) is 5.73 Å². The first kappa shape index (κ1) is 12.6. The highest BCUT2D eigenvalue weighted by atomic mass is 15.1. The molecule has 16 heavy (non-hydrogen) atoms. The summed E-state index contributed by atoms with van der Waals surface area (Å²) in [6.07, 6.45) is 3.19. The number of nitrogens with two attached hydrogens (primary N) is 1. The number of nitrogens with zero attached hydrogens (tertiary/aromatic N) is 1. The first-order valence-corrected chi connectivity index (χ1v) is 5.90. The van der Waals surface area contributed by atoms with Crippen LogP contribution in [0, 0.1) is 0 Å². The molecule has 0 spiro atoms. The third-order valence-electron chi connectivity index (χ3n) is 2.30. The molecule has 1 rings (SSSR count). The van der Waals surface area contributed by atoms with Crippen molar-refractivity contribution in [1.29, 1.82) is 0 Å². The fourth-order valence-electron chi connectivity index (χ4n) is 1.44. The van der Waals surface area contributed by atoms with Gasteiger partial charge in [0.05, 0.1) is 0 Å². The normalized spacial score (nSPS) is 11.4. The Morgan fingerprint density at radius 1 is 1.31 bits per heavy atom. The maximum atomic E-state index is 5.68. The molecule has 3 nitrogen and oxygen atoms in total. The minimum atomic E-state index is 0.565. The Balaban J connectivity index is 2.12. The zero-order valence-corrected chi connectivity index (χ0v) is 9.95. The van der Waals surface area contributed by atoms with Crippen LogP contribution in [-0.4, -0.2) is 19.0 Å². The molecular formula is C13H21N3. The SMILES string of the molecule is CCCN=C(N)NCCCc1ccccc1. The summed E-state index contributed by atoms with van der Waals surface area (Å²) in [6.45, 7) is 3.78. The summed E-state index contributed by atoms with van der Waals surface area (Å²) in [5.41, 5.74) is 7.05. The topological polar surface area (TPSA) is 50.4 Å². The van der Waals surface area contributed by atoms with E-state index in [0.29, 0.717) is 5.96 Å². The van der Waals surface area contributed by atoms with Crippen LogP contribution < -0.4 is 11.1 Å². The van der Waals surface area contributed by atoms with E-state index in [1.807, 2.05) is 6.07 Å². The zero-order chi connectivity index (χ0) is 11.6. The molecule has 0 fully saturated rings. The van der Waals surface area contributed by atoms with E-state index in [-0.39, 0.29) is 0 Å². The van der Waals surface area contributed by atoms with Gasteiger partial charge in [-0.15, -0.1) is 0 Å². The van der Waals surface area contributed by atoms with Crippen molar-refractivity contribution in [2.75, 3.05) is 13.1 Å². The van der Waals surface area contributed by atoms with E-state index in [9.17, 15) is 0 Å². The van der Waals surface area contributed by atoms with E-state index in [2.05, 4.69) is 41.5 Å². The monoisotopic (exact) mass is 219 g/mol. The second-order valence-corrected chi connectivity index (χ2v) is 3.78. The van der Waals surface area contributed by atoms with Gasteiger partial charge in [0.2, 0.25) is 0 Å². The van der Waals surface area contributed by atoms with Crippen molar-refractivity contribution in [3.05, 3.63) is 35.9 Å². The third-order valence-corrected chi connectivity index (χ3v) is 2.30. The molecule has 0 bridgehead atoms. The van der Waals surface area contributed by atoms with Crippen LogP contribution in [0.5, 0.6) is 0 Å². The van der Waals surface area contributed by atoms with Crippen LogP contribution in [0.1, 0.15) is 25.3 Å². The molecule has 88 valence electrons. The maximum Gasteiger partial charge on any atom is 0.188 e. The van der Waals surface area contributed by atoms with E-state index >= 15 is 0 Å². The van der Waals surface area contributed by atoms with Crippen LogP contribution in [0.15, 0.2) is 35.3 Å². The fraction of sp³-hybridized carbons (Fsp3) is 0.462. The lowest BCUT2D eigenvalue weighted by atomic mass is 10.1. The van der Waals surface area contributed by atoms with Crippen molar-refractivity contribution < 1.29 is 0 Å². The predicted octanol–water partition coefficient (Wildman–Crippen LogP) is 1.93. The number of guanidine groups is 1. The molecule has 1 aromatic carbocycles. The molecule has 0 aliphatic rings. The Bertz CT molecular complexity index is 306. The first-order valence-electron chi connectivity index (χ1n) is 5.90. The number of aryl methyl sites for hydroxylation is 1. The Morgan fingerprint density at radius 3 is 2.75 bits per heavy atom. The average Bonchev–Trinajstić information content (AvgIpc) is 2.33. The fourth-order valence-corrected chi connectivity index (χ4v) is 1.44. The van der Waals surface area contributed by atoms with Gasteiger partial charge in [0.1, 0.15) is 0 Å². The Hall–Kier alpha value is -1.51. The highest BCUT2D eigenvalue weighted by molar-refractivity contribution is 5.77. The van der Waals surface area contributed by atoms with Crippen LogP contribution in [-0.2, 0) is 6.42 Å². The third kappa shape index (κ3) is 5.39. The number of hydrogen-bond donors (Lipinski definition) is 2. The van der Waals surface area contributed by atoms with Gasteiger partial charge in [-0.05, 0) is 24.8 Å². The van der Waals surface area contributed by atoms with Gasteiger partial charge in [0.15, 0.2) is 5.96 Å². The summed E-state index contributed by atoms with van der Waals surface area (Å²) in [6, 6.07) is 10.5. The highest BCUT2D eigenvalue weighted by Gasteiger charge is 1.93. The van der Waals surface area contributed by atoms with Crippen LogP contribution >= 0.6 is 0 Å². The molecule has 3 heteroatoms. The second kappa shape index (κ2) is 7.74. The molecule has 0 saturated carbocycles. The maximum absolute atomic E-state index is 5.68. The van der Waals surface area contributed by atoms with Gasteiger partial charge in [-0.3, -0.25) is 4.99 Å². The van der Waals surface area contributed by atoms with Gasteiger partial charge in [-0.25, -0.2) is 0 Å². The minimum absolute atomic E-state index is 0.565. The molecule has 0 atom stereocenters. The number of rotatable bonds is 6. The van der Waals surface area contributed by atoms with Crippen LogP contribution in [0.25, 0.3) is 0 Å². The molecule has 0 aliphatic carbocycles. The lowest BCUT2D eigenvalue weighted by Crippen LogP contribution is -2.32. The van der Waals surface area contributed by atoms with Crippen molar-refractivity contribution in [2.24, 2.45) is 10.7 Å². The number of nitrogens with one attached hydrogen (secondary N) is 1. The Labute approximate surface area is 97.8 Å². The molecule has 0 heterocycles. The Morgan fingerprint density at radius 2 is 2.06 bits per heavy atom. The van der Waals surface area contributed by atoms with E-state index < -0.39 is 0 Å². The van der Waals surface area contributed by atoms with Gasteiger partial charge in [-0.1, -0.05) is 37.3 Å². The van der Waals surface area contributed by atoms with E-state index in [0.717, 1.165) is 32.4 Å². The Kier molecular flexibility index (Phi) is 6.07. The van der Waals surface area contributed by atoms with E-state index in [1.165, 1.54) is 5.56 Å². The van der Waals surface area contributed by atoms with E-state index in [1.54, 1.807) is 0 Å². The number of benzene rings is 1. The molecule has 0 saturated heterocycles. The molecule has 0 radical (unpaired) electrons. The zero-order valence-electron chi connectivity index (χ0n) is 9.95. The number of hydrogen-bond acceptors (Lipinski definition) is 1. The van der Waals surface area contributed by atoms with Crippen molar-refractivity contribution in [2.45, 2.75) is 26.2 Å². The minimum Gasteiger partial charge on any atom is -0.370 e. The van der Waals surface area contributed by atoms with Crippen molar-refractivity contribution in [3.63, 3.8) is 0 Å². The van der Waals surface area contributed by atoms with Crippen LogP contribution in [0.2, 0.25) is 0 Å². The standard InChI is InChI=1S/C13H21N3/c1-2-10-15-13(14)16-11-6-9-12-7-4-3-5-8-12/h3-5,7-8H,2,6,9-11H2,1H3,(H3,14,15,16). The van der Waals surface area contributed by atoms with Gasteiger partial charge in [0.25, 0.3) is 0 Å². The molecule has 0 aliphatic heterocycles. The first-order chi connectivity index (χ1) is 7.83. The summed E-state index contributed by atoms with van der Waals surface area (Å²) in [4.78, 5) is 4.17. The quantitative estimate of drug-likeness (QED) is 0.436. The van der Waals surface area contributed by atoms with Gasteiger partial charge >= 0.3 is 0 Å². The lowest BCUT2D eigenvalue weighted by molar-refractivity contribution is 0.764. The highest BCUT2D eigenvalue weighted by Crippen LogP contribution is 2.01. The van der Waals surface area contributed by atoms with Gasteiger partial charge in [-0.2, -0.15) is 0 Å². The summed E-state index contributed by atoms with van der Waals surface area (Å²) in [5.74, 6) is 0.565. The van der Waals surface area contributed by atoms with Crippen LogP contribution in [0.3, 0.4) is 0 Å². The molecule has 0 unspecified atom stereocenters. The lowest BCUT2D eigenvalue weighted by Gasteiger charge is -2.05. The van der Waals surface area contributed by atoms with Crippen molar-refractivity contribution >= 4 is 5.96 Å². The second-order valence-electron chi connectivity index (χ2n) is 3.78. The molecule has 3 N–H and O–H groups in total. The van der Waals surface area contributed by atoms with Gasteiger partial charge < -0.3 is 11.1 Å².